The van der Waals surface area contributed by atoms with Crippen molar-refractivity contribution in [1.82, 2.24) is 0 Å². The largest absolute Gasteiger partial charge is 2.00 e. The number of hydrogen-bond donors (Lipinski definition) is 2. The topological polar surface area (TPSA) is 189 Å². The van der Waals surface area contributed by atoms with Crippen molar-refractivity contribution in [2.45, 2.75) is 0 Å². The molecule has 0 aliphatic carbocycles. The summed E-state index contributed by atoms with van der Waals surface area (Å²) in [5, 5.41) is -1.65. The zero-order valence-electron chi connectivity index (χ0n) is 6.80. The molecule has 0 spiro atoms. The van der Waals surface area contributed by atoms with Gasteiger partial charge in [-0.05, 0) is 0 Å². The Morgan fingerprint density at radius 3 is 0.933 bits per heavy atom. The van der Waals surface area contributed by atoms with Gasteiger partial charge in [0.1, 0.15) is 0 Å². The van der Waals surface area contributed by atoms with Crippen LogP contribution in [0.3, 0.4) is 0 Å². The molecular formula is CH4O10S3Zn. The van der Waals surface area contributed by atoms with Gasteiger partial charge in [-0.15, -0.1) is 0 Å². The third-order valence-corrected chi connectivity index (χ3v) is 2.68. The summed E-state index contributed by atoms with van der Waals surface area (Å²) in [5.74, 6) is 0. The van der Waals surface area contributed by atoms with Gasteiger partial charge in [0.2, 0.25) is 5.08 Å². The molecule has 15 heavy (non-hydrogen) atoms. The second-order valence-electron chi connectivity index (χ2n) is 1.69. The zero-order chi connectivity index (χ0) is 12.2. The molecule has 0 saturated carbocycles. The van der Waals surface area contributed by atoms with Crippen LogP contribution in [0.2, 0.25) is 0 Å². The molecule has 0 amide bonds. The maximum absolute atomic E-state index is 9.66. The van der Waals surface area contributed by atoms with E-state index in [1.54, 1.807) is 0 Å². The van der Waals surface area contributed by atoms with Crippen LogP contribution in [0.1, 0.15) is 0 Å². The fraction of sp³-hybridized carbons (Fsp3) is 1.00. The molecule has 0 aliphatic rings. The van der Waals surface area contributed by atoms with Crippen molar-refractivity contribution in [1.29, 1.82) is 0 Å². The van der Waals surface area contributed by atoms with Crippen molar-refractivity contribution < 1.29 is 62.9 Å². The molecule has 0 aromatic rings. The van der Waals surface area contributed by atoms with E-state index in [4.69, 9.17) is 26.6 Å². The van der Waals surface area contributed by atoms with Gasteiger partial charge in [-0.1, -0.05) is 0 Å². The standard InChI is InChI=1S/CH4O6S2.H2O4S.Zn/c2-8(3,4)1-9(5,6)7;1-5(2,3)4;/h1H2,(H,2,3,4)(H,5,6,7);(H2,1,2,3,4);/q;;+2/p-2. The Kier molecular flexibility index (Phi) is 9.38. The van der Waals surface area contributed by atoms with Crippen LogP contribution in [0.5, 0.6) is 0 Å². The van der Waals surface area contributed by atoms with Gasteiger partial charge < -0.3 is 9.11 Å². The van der Waals surface area contributed by atoms with Gasteiger partial charge in [0.25, 0.3) is 20.2 Å². The Morgan fingerprint density at radius 2 is 0.933 bits per heavy atom. The van der Waals surface area contributed by atoms with E-state index in [1.807, 2.05) is 0 Å². The van der Waals surface area contributed by atoms with E-state index in [0.717, 1.165) is 0 Å². The van der Waals surface area contributed by atoms with Gasteiger partial charge in [-0.2, -0.15) is 16.8 Å². The molecule has 0 unspecified atom stereocenters. The Labute approximate surface area is 98.5 Å². The summed E-state index contributed by atoms with van der Waals surface area (Å²) in [4.78, 5) is 0. The van der Waals surface area contributed by atoms with E-state index in [0.29, 0.717) is 0 Å². The molecular weight excluding hydrogens is 334 g/mol. The molecule has 0 atom stereocenters. The third-order valence-electron chi connectivity index (χ3n) is 0.298. The summed E-state index contributed by atoms with van der Waals surface area (Å²) in [7, 11) is -14.4. The third kappa shape index (κ3) is 54.4. The van der Waals surface area contributed by atoms with Crippen molar-refractivity contribution in [3.05, 3.63) is 0 Å². The minimum atomic E-state index is -5.17. The summed E-state index contributed by atoms with van der Waals surface area (Å²) in [5.41, 5.74) is 0. The Morgan fingerprint density at radius 1 is 0.800 bits per heavy atom. The van der Waals surface area contributed by atoms with Crippen LogP contribution in [0.25, 0.3) is 0 Å². The first-order chi connectivity index (χ1) is 5.71. The zero-order valence-corrected chi connectivity index (χ0v) is 12.2. The first kappa shape index (κ1) is 20.7. The molecule has 0 aromatic carbocycles. The molecule has 88 valence electrons. The van der Waals surface area contributed by atoms with Crippen molar-refractivity contribution in [3.8, 4) is 0 Å². The van der Waals surface area contributed by atoms with E-state index in [2.05, 4.69) is 0 Å². The van der Waals surface area contributed by atoms with Gasteiger partial charge in [0.15, 0.2) is 0 Å². The van der Waals surface area contributed by atoms with Crippen LogP contribution >= 0.6 is 0 Å². The van der Waals surface area contributed by atoms with Gasteiger partial charge in [0.05, 0.1) is 0 Å². The van der Waals surface area contributed by atoms with E-state index < -0.39 is 35.7 Å². The molecule has 14 heteroatoms. The molecule has 0 fully saturated rings. The van der Waals surface area contributed by atoms with Crippen molar-refractivity contribution in [2.24, 2.45) is 0 Å². The predicted octanol–water partition coefficient (Wildman–Crippen LogP) is -2.62. The summed E-state index contributed by atoms with van der Waals surface area (Å²) >= 11 is 0. The van der Waals surface area contributed by atoms with Gasteiger partial charge in [-0.25, -0.2) is 0 Å². The van der Waals surface area contributed by atoms with E-state index in [1.165, 1.54) is 0 Å². The predicted molar refractivity (Wildman–Crippen MR) is 38.4 cm³/mol. The second kappa shape index (κ2) is 6.80. The average molecular weight is 338 g/mol. The Bertz CT molecular complexity index is 413. The van der Waals surface area contributed by atoms with Crippen LogP contribution < -0.4 is 0 Å². The number of rotatable bonds is 2. The molecule has 0 rings (SSSR count). The second-order valence-corrected chi connectivity index (χ2v) is 5.78. The van der Waals surface area contributed by atoms with Gasteiger partial charge in [-0.3, -0.25) is 17.5 Å². The molecule has 0 radical (unpaired) electrons. The maximum Gasteiger partial charge on any atom is 2.00 e. The Hall–Kier alpha value is 0.313. The monoisotopic (exact) mass is 336 g/mol. The molecule has 0 aromatic heterocycles. The normalized spacial score (nSPS) is 12.0. The number of hydrogen-bond acceptors (Lipinski definition) is 8. The van der Waals surface area contributed by atoms with E-state index in [-0.39, 0.29) is 19.5 Å². The molecule has 10 nitrogen and oxygen atoms in total. The van der Waals surface area contributed by atoms with E-state index in [9.17, 15) is 16.8 Å². The van der Waals surface area contributed by atoms with Gasteiger partial charge in [0, 0.05) is 10.4 Å². The summed E-state index contributed by atoms with van der Waals surface area (Å²) in [6.45, 7) is 0. The summed E-state index contributed by atoms with van der Waals surface area (Å²) in [6, 6.07) is 0. The van der Waals surface area contributed by atoms with Crippen LogP contribution in [-0.2, 0) is 50.1 Å². The SMILES string of the molecule is O=S(=O)(O)CS(=O)(=O)O.O=S(=O)([O-])[O-].[Zn+2]. The van der Waals surface area contributed by atoms with Crippen LogP contribution in [0.15, 0.2) is 0 Å². The summed E-state index contributed by atoms with van der Waals surface area (Å²) in [6.07, 6.45) is 0. The molecule has 0 saturated heterocycles. The minimum Gasteiger partial charge on any atom is -0.759 e. The molecule has 0 aliphatic heterocycles. The molecule has 0 bridgehead atoms. The van der Waals surface area contributed by atoms with Crippen LogP contribution in [-0.4, -0.2) is 48.5 Å². The maximum atomic E-state index is 9.66. The fourth-order valence-corrected chi connectivity index (χ4v) is 1.69. The quantitative estimate of drug-likeness (QED) is 0.306. The molecule has 2 N–H and O–H groups in total. The first-order valence-electron chi connectivity index (χ1n) is 2.28. The minimum absolute atomic E-state index is 0. The van der Waals surface area contributed by atoms with E-state index >= 15 is 0 Å². The average Bonchev–Trinajstić information content (AvgIpc) is 1.42. The van der Waals surface area contributed by atoms with Crippen molar-refractivity contribution in [2.75, 3.05) is 5.08 Å². The van der Waals surface area contributed by atoms with Gasteiger partial charge >= 0.3 is 19.5 Å². The van der Waals surface area contributed by atoms with Crippen LogP contribution in [0.4, 0.5) is 0 Å². The molecule has 0 heterocycles. The summed E-state index contributed by atoms with van der Waals surface area (Å²) < 4.78 is 88.3. The fourth-order valence-electron chi connectivity index (χ4n) is 0.188. The van der Waals surface area contributed by atoms with Crippen molar-refractivity contribution in [3.63, 3.8) is 0 Å². The first-order valence-corrected chi connectivity index (χ1v) is 6.83. The van der Waals surface area contributed by atoms with Crippen LogP contribution in [0, 0.1) is 0 Å². The van der Waals surface area contributed by atoms with Crippen molar-refractivity contribution >= 4 is 30.6 Å². The smallest absolute Gasteiger partial charge is 0.759 e. The Balaban J connectivity index is -0.000000208.